The molecule has 0 saturated carbocycles. The number of hydrogen-bond donors (Lipinski definition) is 1. The highest BCUT2D eigenvalue weighted by atomic mass is 32.1. The zero-order valence-corrected chi connectivity index (χ0v) is 17.1. The first-order valence-electron chi connectivity index (χ1n) is 9.30. The van der Waals surface area contributed by atoms with Crippen LogP contribution in [0.15, 0.2) is 58.5 Å². The van der Waals surface area contributed by atoms with Crippen LogP contribution in [-0.2, 0) is 19.5 Å². The third kappa shape index (κ3) is 4.00. The molecule has 1 aliphatic heterocycles. The van der Waals surface area contributed by atoms with E-state index in [2.05, 4.69) is 32.7 Å². The second-order valence-corrected chi connectivity index (χ2v) is 8.73. The lowest BCUT2D eigenvalue weighted by Crippen LogP contribution is -2.29. The van der Waals surface area contributed by atoms with Crippen molar-refractivity contribution in [2.75, 3.05) is 11.9 Å². The summed E-state index contributed by atoms with van der Waals surface area (Å²) in [5.41, 5.74) is 3.32. The van der Waals surface area contributed by atoms with Gasteiger partial charge in [-0.25, -0.2) is 9.97 Å². The number of benzene rings is 1. The third-order valence-electron chi connectivity index (χ3n) is 4.73. The van der Waals surface area contributed by atoms with Crippen LogP contribution in [0.1, 0.15) is 26.8 Å². The number of carbonyl (C=O) groups is 1. The van der Waals surface area contributed by atoms with Gasteiger partial charge in [-0.2, -0.15) is 0 Å². The maximum Gasteiger partial charge on any atom is 0.293 e. The molecule has 4 aromatic rings. The van der Waals surface area contributed by atoms with Gasteiger partial charge in [-0.3, -0.25) is 15.0 Å². The smallest absolute Gasteiger partial charge is 0.293 e. The van der Waals surface area contributed by atoms with Gasteiger partial charge in [0.25, 0.3) is 5.91 Å². The Labute approximate surface area is 175 Å². The molecule has 29 heavy (non-hydrogen) atoms. The van der Waals surface area contributed by atoms with E-state index in [1.807, 2.05) is 18.2 Å². The van der Waals surface area contributed by atoms with Gasteiger partial charge in [0.05, 0.1) is 17.7 Å². The fraction of sp³-hybridized carbons (Fsp3) is 0.190. The lowest BCUT2D eigenvalue weighted by molar-refractivity contribution is 0.0996. The van der Waals surface area contributed by atoms with E-state index in [0.29, 0.717) is 5.13 Å². The maximum absolute atomic E-state index is 12.2. The Morgan fingerprint density at radius 3 is 2.90 bits per heavy atom. The molecule has 0 bridgehead atoms. The molecule has 5 rings (SSSR count). The van der Waals surface area contributed by atoms with E-state index in [4.69, 9.17) is 9.40 Å². The highest BCUT2D eigenvalue weighted by Crippen LogP contribution is 2.30. The fourth-order valence-electron chi connectivity index (χ4n) is 3.33. The van der Waals surface area contributed by atoms with E-state index >= 15 is 0 Å². The van der Waals surface area contributed by atoms with Crippen molar-refractivity contribution >= 4 is 33.7 Å². The average Bonchev–Trinajstić information content (AvgIpc) is 3.49. The zero-order chi connectivity index (χ0) is 19.6. The maximum atomic E-state index is 12.2. The van der Waals surface area contributed by atoms with Crippen LogP contribution in [0.2, 0.25) is 0 Å². The van der Waals surface area contributed by atoms with E-state index in [1.165, 1.54) is 22.5 Å². The first-order valence-corrected chi connectivity index (χ1v) is 11.0. The Balaban J connectivity index is 1.24. The molecule has 0 fully saturated rings. The van der Waals surface area contributed by atoms with Gasteiger partial charge in [0.2, 0.25) is 0 Å². The minimum atomic E-state index is -0.270. The van der Waals surface area contributed by atoms with E-state index in [1.54, 1.807) is 23.5 Å². The molecule has 0 spiro atoms. The highest BCUT2D eigenvalue weighted by molar-refractivity contribution is 7.16. The number of aromatic nitrogens is 2. The molecule has 1 aromatic carbocycles. The number of carbonyl (C=O) groups excluding carboxylic acids is 1. The first-order chi connectivity index (χ1) is 14.2. The van der Waals surface area contributed by atoms with E-state index in [9.17, 15) is 4.79 Å². The predicted molar refractivity (Wildman–Crippen MR) is 114 cm³/mol. The summed E-state index contributed by atoms with van der Waals surface area (Å²) in [5.74, 6) is 0.0198. The minimum Gasteiger partial charge on any atom is -0.459 e. The van der Waals surface area contributed by atoms with Crippen LogP contribution in [0.4, 0.5) is 5.13 Å². The van der Waals surface area contributed by atoms with E-state index in [0.717, 1.165) is 48.0 Å². The number of nitrogens with zero attached hydrogens (tertiary/aromatic N) is 3. The molecule has 0 saturated heterocycles. The lowest BCUT2D eigenvalue weighted by atomic mass is 10.2. The fourth-order valence-corrected chi connectivity index (χ4v) is 5.19. The molecule has 4 heterocycles. The van der Waals surface area contributed by atoms with Crippen LogP contribution in [0.5, 0.6) is 0 Å². The molecule has 146 valence electrons. The summed E-state index contributed by atoms with van der Waals surface area (Å²) in [6.45, 7) is 2.57. The van der Waals surface area contributed by atoms with Crippen molar-refractivity contribution in [2.24, 2.45) is 0 Å². The number of anilines is 1. The quantitative estimate of drug-likeness (QED) is 0.506. The summed E-state index contributed by atoms with van der Waals surface area (Å²) in [7, 11) is 0. The molecule has 1 amide bonds. The van der Waals surface area contributed by atoms with Crippen molar-refractivity contribution in [3.05, 3.63) is 76.1 Å². The molecular weight excluding hydrogens is 404 g/mol. The number of furan rings is 1. The van der Waals surface area contributed by atoms with Crippen molar-refractivity contribution in [1.82, 2.24) is 14.9 Å². The molecule has 1 aliphatic rings. The molecule has 0 unspecified atom stereocenters. The van der Waals surface area contributed by atoms with Crippen molar-refractivity contribution < 1.29 is 9.21 Å². The summed E-state index contributed by atoms with van der Waals surface area (Å²) < 4.78 is 5.14. The van der Waals surface area contributed by atoms with Gasteiger partial charge in [-0.15, -0.1) is 22.7 Å². The molecule has 6 nitrogen and oxygen atoms in total. The average molecular weight is 423 g/mol. The molecule has 0 aliphatic carbocycles. The molecule has 3 aromatic heterocycles. The van der Waals surface area contributed by atoms with E-state index in [-0.39, 0.29) is 11.7 Å². The number of rotatable bonds is 5. The normalized spacial score (nSPS) is 13.9. The van der Waals surface area contributed by atoms with Crippen molar-refractivity contribution in [1.29, 1.82) is 0 Å². The van der Waals surface area contributed by atoms with Crippen LogP contribution in [0.3, 0.4) is 0 Å². The Hall–Kier alpha value is -2.81. The standard InChI is InChI=1S/C21H18N4O2S2/c26-19(17-7-4-10-27-17)24-21-23-16-8-9-25(12-18(16)29-21)11-15-13-28-20(22-15)14-5-2-1-3-6-14/h1-7,10,13H,8-9,11-12H2,(H,23,24,26). The Morgan fingerprint density at radius 2 is 2.07 bits per heavy atom. The van der Waals surface area contributed by atoms with Crippen molar-refractivity contribution in [2.45, 2.75) is 19.5 Å². The van der Waals surface area contributed by atoms with Crippen molar-refractivity contribution in [3.63, 3.8) is 0 Å². The number of nitrogens with one attached hydrogen (secondary N) is 1. The lowest BCUT2D eigenvalue weighted by Gasteiger charge is -2.24. The van der Waals surface area contributed by atoms with Crippen LogP contribution >= 0.6 is 22.7 Å². The Morgan fingerprint density at radius 1 is 1.17 bits per heavy atom. The minimum absolute atomic E-state index is 0.270. The molecule has 0 atom stereocenters. The van der Waals surface area contributed by atoms with Gasteiger partial charge in [0.1, 0.15) is 5.01 Å². The summed E-state index contributed by atoms with van der Waals surface area (Å²) in [6, 6.07) is 13.6. The van der Waals surface area contributed by atoms with Crippen LogP contribution in [0, 0.1) is 0 Å². The molecule has 0 radical (unpaired) electrons. The predicted octanol–water partition coefficient (Wildman–Crippen LogP) is 4.67. The summed E-state index contributed by atoms with van der Waals surface area (Å²) in [6.07, 6.45) is 2.36. The number of fused-ring (bicyclic) bond motifs is 1. The number of amides is 1. The molecule has 8 heteroatoms. The Bertz CT molecular complexity index is 1120. The van der Waals surface area contributed by atoms with Gasteiger partial charge < -0.3 is 4.42 Å². The molecule has 1 N–H and O–H groups in total. The SMILES string of the molecule is O=C(Nc1nc2c(s1)CN(Cc1csc(-c3ccccc3)n1)CC2)c1ccco1. The van der Waals surface area contributed by atoms with Crippen LogP contribution in [0.25, 0.3) is 10.6 Å². The highest BCUT2D eigenvalue weighted by Gasteiger charge is 2.22. The zero-order valence-electron chi connectivity index (χ0n) is 15.5. The summed E-state index contributed by atoms with van der Waals surface area (Å²) in [5, 5.41) is 6.65. The van der Waals surface area contributed by atoms with Crippen LogP contribution in [-0.4, -0.2) is 27.3 Å². The van der Waals surface area contributed by atoms with Crippen molar-refractivity contribution in [3.8, 4) is 10.6 Å². The van der Waals surface area contributed by atoms with Gasteiger partial charge in [-0.1, -0.05) is 30.3 Å². The van der Waals surface area contributed by atoms with Gasteiger partial charge in [0.15, 0.2) is 10.9 Å². The first kappa shape index (κ1) is 18.2. The monoisotopic (exact) mass is 422 g/mol. The van der Waals surface area contributed by atoms with Crippen LogP contribution < -0.4 is 5.32 Å². The second kappa shape index (κ2) is 7.90. The largest absolute Gasteiger partial charge is 0.459 e. The summed E-state index contributed by atoms with van der Waals surface area (Å²) >= 11 is 3.22. The van der Waals surface area contributed by atoms with Gasteiger partial charge in [-0.05, 0) is 12.1 Å². The third-order valence-corrected chi connectivity index (χ3v) is 6.67. The Kier molecular flexibility index (Phi) is 4.97. The molecular formula is C21H18N4O2S2. The second-order valence-electron chi connectivity index (χ2n) is 6.79. The number of hydrogen-bond acceptors (Lipinski definition) is 7. The van der Waals surface area contributed by atoms with Gasteiger partial charge in [0, 0.05) is 41.9 Å². The topological polar surface area (TPSA) is 71.3 Å². The van der Waals surface area contributed by atoms with Gasteiger partial charge >= 0.3 is 0 Å². The summed E-state index contributed by atoms with van der Waals surface area (Å²) in [4.78, 5) is 25.1. The number of thiazole rings is 2. The van der Waals surface area contributed by atoms with E-state index < -0.39 is 0 Å².